The molecule has 1 saturated carbocycles. The molecule has 11 heteroatoms. The van der Waals surface area contributed by atoms with E-state index < -0.39 is 28.5 Å². The van der Waals surface area contributed by atoms with Crippen LogP contribution in [0.3, 0.4) is 0 Å². The lowest BCUT2D eigenvalue weighted by atomic mass is 10.1. The van der Waals surface area contributed by atoms with E-state index in [0.717, 1.165) is 30.0 Å². The fraction of sp³-hybridized carbons (Fsp3) is 0.355. The van der Waals surface area contributed by atoms with E-state index in [1.807, 2.05) is 0 Å². The van der Waals surface area contributed by atoms with Crippen LogP contribution in [-0.2, 0) is 26.2 Å². The van der Waals surface area contributed by atoms with Gasteiger partial charge in [0, 0.05) is 23.7 Å². The molecule has 1 aliphatic carbocycles. The average Bonchev–Trinajstić information content (AvgIpc) is 3.52. The number of sulfonamides is 1. The molecule has 3 aromatic carbocycles. The molecule has 1 atom stereocenters. The maximum absolute atomic E-state index is 14.1. The Balaban J connectivity index is 1.73. The molecule has 0 aliphatic heterocycles. The van der Waals surface area contributed by atoms with Crippen LogP contribution in [0.15, 0.2) is 77.7 Å². The summed E-state index contributed by atoms with van der Waals surface area (Å²) >= 11 is 6.44. The second-order valence-electron chi connectivity index (χ2n) is 10.1. The van der Waals surface area contributed by atoms with Crippen LogP contribution in [0.2, 0.25) is 5.02 Å². The third-order valence-corrected chi connectivity index (χ3v) is 9.59. The van der Waals surface area contributed by atoms with Crippen molar-refractivity contribution in [1.82, 2.24) is 10.2 Å². The molecule has 1 fully saturated rings. The summed E-state index contributed by atoms with van der Waals surface area (Å²) in [5, 5.41) is 3.49. The number of amides is 2. The zero-order valence-electron chi connectivity index (χ0n) is 24.0. The summed E-state index contributed by atoms with van der Waals surface area (Å²) in [7, 11) is -1.29. The number of benzene rings is 3. The highest BCUT2D eigenvalue weighted by Gasteiger charge is 2.34. The number of carbonyl (C=O) groups excluding carboxylic acids is 2. The van der Waals surface area contributed by atoms with E-state index in [1.54, 1.807) is 61.5 Å². The summed E-state index contributed by atoms with van der Waals surface area (Å²) < 4.78 is 39.7. The Bertz CT molecular complexity index is 1500. The molecule has 0 saturated heterocycles. The summed E-state index contributed by atoms with van der Waals surface area (Å²) in [5.41, 5.74) is 0.835. The van der Waals surface area contributed by atoms with Gasteiger partial charge in [-0.2, -0.15) is 0 Å². The Hall–Kier alpha value is -3.76. The Kier molecular flexibility index (Phi) is 10.3. The quantitative estimate of drug-likeness (QED) is 0.307. The number of methoxy groups -OCH3 is 2. The predicted molar refractivity (Wildman–Crippen MR) is 162 cm³/mol. The van der Waals surface area contributed by atoms with E-state index in [-0.39, 0.29) is 29.1 Å². The van der Waals surface area contributed by atoms with E-state index in [2.05, 4.69) is 5.32 Å². The molecule has 0 radical (unpaired) electrons. The number of nitrogens with one attached hydrogen (secondary N) is 1. The zero-order chi connectivity index (χ0) is 30.3. The molecule has 3 aromatic rings. The van der Waals surface area contributed by atoms with E-state index >= 15 is 0 Å². The van der Waals surface area contributed by atoms with Crippen molar-refractivity contribution in [3.05, 3.63) is 83.4 Å². The van der Waals surface area contributed by atoms with Gasteiger partial charge in [-0.25, -0.2) is 8.42 Å². The number of nitrogens with zero attached hydrogens (tertiary/aromatic N) is 2. The summed E-state index contributed by atoms with van der Waals surface area (Å²) in [4.78, 5) is 28.9. The molecule has 4 rings (SSSR count). The Morgan fingerprint density at radius 1 is 0.952 bits per heavy atom. The number of hydrogen-bond donors (Lipinski definition) is 1. The van der Waals surface area contributed by atoms with Crippen LogP contribution in [0.5, 0.6) is 11.5 Å². The van der Waals surface area contributed by atoms with Crippen molar-refractivity contribution in [3.63, 3.8) is 0 Å². The van der Waals surface area contributed by atoms with E-state index in [0.29, 0.717) is 22.1 Å². The minimum atomic E-state index is -4.21. The largest absolute Gasteiger partial charge is 0.493 e. The van der Waals surface area contributed by atoms with Crippen LogP contribution in [0.1, 0.15) is 38.2 Å². The number of rotatable bonds is 12. The van der Waals surface area contributed by atoms with Gasteiger partial charge in [0.2, 0.25) is 11.8 Å². The first kappa shape index (κ1) is 31.2. The summed E-state index contributed by atoms with van der Waals surface area (Å²) in [6, 6.07) is 18.7. The third kappa shape index (κ3) is 7.17. The van der Waals surface area contributed by atoms with Gasteiger partial charge in [0.15, 0.2) is 11.5 Å². The van der Waals surface area contributed by atoms with Gasteiger partial charge in [-0.05, 0) is 55.7 Å². The SMILES string of the molecule is COc1ccc(N(CC(=O)N(Cc2ccccc2Cl)[C@H](C)C(=O)NC2CCCC2)S(=O)(=O)c2ccccc2)cc1OC. The van der Waals surface area contributed by atoms with Crippen molar-refractivity contribution in [2.75, 3.05) is 25.1 Å². The van der Waals surface area contributed by atoms with Crippen LogP contribution in [0.4, 0.5) is 5.69 Å². The minimum absolute atomic E-state index is 0.0114. The second kappa shape index (κ2) is 13.9. The van der Waals surface area contributed by atoms with Crippen LogP contribution < -0.4 is 19.1 Å². The molecule has 1 N–H and O–H groups in total. The smallest absolute Gasteiger partial charge is 0.264 e. The van der Waals surface area contributed by atoms with Gasteiger partial charge >= 0.3 is 0 Å². The lowest BCUT2D eigenvalue weighted by Crippen LogP contribution is -2.52. The predicted octanol–water partition coefficient (Wildman–Crippen LogP) is 5.03. The molecule has 0 unspecified atom stereocenters. The second-order valence-corrected chi connectivity index (χ2v) is 12.4. The van der Waals surface area contributed by atoms with Crippen LogP contribution in [-0.4, -0.2) is 58.0 Å². The summed E-state index contributed by atoms with van der Waals surface area (Å²) in [6.07, 6.45) is 3.86. The first-order valence-corrected chi connectivity index (χ1v) is 15.6. The van der Waals surface area contributed by atoms with Crippen LogP contribution >= 0.6 is 11.6 Å². The van der Waals surface area contributed by atoms with Crippen molar-refractivity contribution >= 4 is 39.1 Å². The lowest BCUT2D eigenvalue weighted by Gasteiger charge is -2.32. The number of halogens is 1. The van der Waals surface area contributed by atoms with Crippen LogP contribution in [0, 0.1) is 0 Å². The van der Waals surface area contributed by atoms with E-state index in [4.69, 9.17) is 21.1 Å². The van der Waals surface area contributed by atoms with Crippen molar-refractivity contribution in [1.29, 1.82) is 0 Å². The highest BCUT2D eigenvalue weighted by atomic mass is 35.5. The summed E-state index contributed by atoms with van der Waals surface area (Å²) in [5.74, 6) is -0.167. The Labute approximate surface area is 252 Å². The van der Waals surface area contributed by atoms with Crippen molar-refractivity contribution in [2.24, 2.45) is 0 Å². The molecule has 0 aromatic heterocycles. The van der Waals surface area contributed by atoms with Crippen molar-refractivity contribution in [3.8, 4) is 11.5 Å². The number of carbonyl (C=O) groups is 2. The maximum Gasteiger partial charge on any atom is 0.264 e. The van der Waals surface area contributed by atoms with E-state index in [9.17, 15) is 18.0 Å². The first-order chi connectivity index (χ1) is 20.1. The zero-order valence-corrected chi connectivity index (χ0v) is 25.5. The standard InChI is InChI=1S/C31H36ClN3O6S/c1-22(31(37)33-24-12-8-9-13-24)34(20-23-11-7-10-16-27(23)32)30(36)21-35(42(38,39)26-14-5-4-6-15-26)25-17-18-28(40-2)29(19-25)41-3/h4-7,10-11,14-19,22,24H,8-9,12-13,20-21H2,1-3H3,(H,33,37)/t22-/m1/s1. The highest BCUT2D eigenvalue weighted by molar-refractivity contribution is 7.92. The highest BCUT2D eigenvalue weighted by Crippen LogP contribution is 2.34. The topological polar surface area (TPSA) is 105 Å². The molecule has 0 heterocycles. The average molecular weight is 614 g/mol. The maximum atomic E-state index is 14.1. The van der Waals surface area contributed by atoms with Gasteiger partial charge in [0.25, 0.3) is 10.0 Å². The first-order valence-electron chi connectivity index (χ1n) is 13.8. The Morgan fingerprint density at radius 2 is 1.60 bits per heavy atom. The molecule has 2 amide bonds. The number of anilines is 1. The molecule has 0 bridgehead atoms. The summed E-state index contributed by atoms with van der Waals surface area (Å²) in [6.45, 7) is 1.09. The van der Waals surface area contributed by atoms with Gasteiger partial charge in [-0.3, -0.25) is 13.9 Å². The number of hydrogen-bond acceptors (Lipinski definition) is 6. The molecule has 0 spiro atoms. The van der Waals surface area contributed by atoms with E-state index in [1.165, 1.54) is 37.3 Å². The molecular formula is C31H36ClN3O6S. The molecular weight excluding hydrogens is 578 g/mol. The van der Waals surface area contributed by atoms with Gasteiger partial charge in [-0.1, -0.05) is 60.8 Å². The van der Waals surface area contributed by atoms with Crippen LogP contribution in [0.25, 0.3) is 0 Å². The fourth-order valence-corrected chi connectivity index (χ4v) is 6.64. The third-order valence-electron chi connectivity index (χ3n) is 7.43. The lowest BCUT2D eigenvalue weighted by molar-refractivity contribution is -0.139. The molecule has 224 valence electrons. The number of ether oxygens (including phenoxy) is 2. The van der Waals surface area contributed by atoms with Gasteiger partial charge in [-0.15, -0.1) is 0 Å². The van der Waals surface area contributed by atoms with Crippen molar-refractivity contribution in [2.45, 2.75) is 56.1 Å². The minimum Gasteiger partial charge on any atom is -0.493 e. The van der Waals surface area contributed by atoms with Crippen molar-refractivity contribution < 1.29 is 27.5 Å². The normalized spacial score (nSPS) is 14.2. The Morgan fingerprint density at radius 3 is 2.24 bits per heavy atom. The molecule has 1 aliphatic rings. The van der Waals surface area contributed by atoms with Gasteiger partial charge in [0.1, 0.15) is 12.6 Å². The monoisotopic (exact) mass is 613 g/mol. The van der Waals surface area contributed by atoms with Gasteiger partial charge < -0.3 is 19.7 Å². The fourth-order valence-electron chi connectivity index (χ4n) is 5.01. The molecule has 42 heavy (non-hydrogen) atoms. The molecule has 9 nitrogen and oxygen atoms in total. The van der Waals surface area contributed by atoms with Gasteiger partial charge in [0.05, 0.1) is 24.8 Å².